The zero-order valence-corrected chi connectivity index (χ0v) is 15.4. The summed E-state index contributed by atoms with van der Waals surface area (Å²) in [5.74, 6) is -0.147. The lowest BCUT2D eigenvalue weighted by Gasteiger charge is -2.33. The van der Waals surface area contributed by atoms with Crippen LogP contribution < -0.4 is 5.32 Å². The van der Waals surface area contributed by atoms with Gasteiger partial charge in [-0.25, -0.2) is 0 Å². The van der Waals surface area contributed by atoms with E-state index in [0.29, 0.717) is 24.4 Å². The molecule has 0 saturated carbocycles. The summed E-state index contributed by atoms with van der Waals surface area (Å²) in [6.07, 6.45) is 0.939. The third-order valence-corrected chi connectivity index (χ3v) is 3.70. The van der Waals surface area contributed by atoms with Crippen LogP contribution in [0.4, 0.5) is 0 Å². The zero-order chi connectivity index (χ0) is 17.6. The van der Waals surface area contributed by atoms with Gasteiger partial charge in [-0.2, -0.15) is 0 Å². The molecule has 0 unspecified atom stereocenters. The fourth-order valence-corrected chi connectivity index (χ4v) is 2.49. The summed E-state index contributed by atoms with van der Waals surface area (Å²) >= 11 is 5.91. The van der Waals surface area contributed by atoms with Crippen molar-refractivity contribution in [1.82, 2.24) is 10.2 Å². The highest BCUT2D eigenvalue weighted by atomic mass is 35.5. The third-order valence-electron chi connectivity index (χ3n) is 3.45. The van der Waals surface area contributed by atoms with Gasteiger partial charge < -0.3 is 10.2 Å². The van der Waals surface area contributed by atoms with Crippen molar-refractivity contribution in [3.63, 3.8) is 0 Å². The van der Waals surface area contributed by atoms with Crippen LogP contribution in [0.5, 0.6) is 0 Å². The molecule has 5 heteroatoms. The van der Waals surface area contributed by atoms with Gasteiger partial charge in [0.1, 0.15) is 6.04 Å². The van der Waals surface area contributed by atoms with Gasteiger partial charge >= 0.3 is 0 Å². The van der Waals surface area contributed by atoms with E-state index < -0.39 is 6.04 Å². The van der Waals surface area contributed by atoms with Crippen molar-refractivity contribution in [3.05, 3.63) is 34.9 Å². The SMILES string of the molecule is CCC(=O)N(Cc1ccc(Cl)cc1)[C@@H](CC)C(=O)NC(C)(C)C. The maximum absolute atomic E-state index is 12.6. The maximum atomic E-state index is 12.6. The van der Waals surface area contributed by atoms with Crippen LogP contribution in [0, 0.1) is 0 Å². The van der Waals surface area contributed by atoms with E-state index in [2.05, 4.69) is 5.32 Å². The average Bonchev–Trinajstić information content (AvgIpc) is 2.46. The first-order valence-corrected chi connectivity index (χ1v) is 8.41. The van der Waals surface area contributed by atoms with E-state index in [4.69, 9.17) is 11.6 Å². The van der Waals surface area contributed by atoms with Crippen LogP contribution in [0.3, 0.4) is 0 Å². The number of hydrogen-bond donors (Lipinski definition) is 1. The molecule has 4 nitrogen and oxygen atoms in total. The number of benzene rings is 1. The van der Waals surface area contributed by atoms with Crippen LogP contribution in [0.15, 0.2) is 24.3 Å². The molecule has 0 bridgehead atoms. The minimum Gasteiger partial charge on any atom is -0.350 e. The number of halogens is 1. The van der Waals surface area contributed by atoms with Crippen molar-refractivity contribution in [2.75, 3.05) is 0 Å². The Morgan fingerprint density at radius 2 is 1.74 bits per heavy atom. The lowest BCUT2D eigenvalue weighted by atomic mass is 10.1. The van der Waals surface area contributed by atoms with E-state index >= 15 is 0 Å². The molecule has 1 aromatic carbocycles. The molecule has 1 aromatic rings. The Hall–Kier alpha value is -1.55. The molecule has 0 aliphatic carbocycles. The Bertz CT molecular complexity index is 535. The van der Waals surface area contributed by atoms with E-state index in [9.17, 15) is 9.59 Å². The number of hydrogen-bond acceptors (Lipinski definition) is 2. The summed E-state index contributed by atoms with van der Waals surface area (Å²) in [6.45, 7) is 9.94. The molecular formula is C18H27ClN2O2. The molecule has 1 atom stereocenters. The van der Waals surface area contributed by atoms with E-state index in [-0.39, 0.29) is 17.4 Å². The van der Waals surface area contributed by atoms with E-state index in [1.54, 1.807) is 17.0 Å². The first kappa shape index (κ1) is 19.5. The highest BCUT2D eigenvalue weighted by Crippen LogP contribution is 2.16. The lowest BCUT2D eigenvalue weighted by Crippen LogP contribution is -2.53. The molecule has 0 fully saturated rings. The fraction of sp³-hybridized carbons (Fsp3) is 0.556. The smallest absolute Gasteiger partial charge is 0.243 e. The van der Waals surface area contributed by atoms with E-state index in [1.807, 2.05) is 46.8 Å². The predicted molar refractivity (Wildman–Crippen MR) is 94.3 cm³/mol. The second-order valence-corrected chi connectivity index (χ2v) is 7.10. The molecular weight excluding hydrogens is 312 g/mol. The van der Waals surface area contributed by atoms with Gasteiger partial charge in [-0.05, 0) is 44.9 Å². The quantitative estimate of drug-likeness (QED) is 0.858. The second-order valence-electron chi connectivity index (χ2n) is 6.66. The summed E-state index contributed by atoms with van der Waals surface area (Å²) in [6, 6.07) is 6.88. The van der Waals surface area contributed by atoms with Gasteiger partial charge in [0.2, 0.25) is 11.8 Å². The van der Waals surface area contributed by atoms with Crippen molar-refractivity contribution in [2.24, 2.45) is 0 Å². The van der Waals surface area contributed by atoms with E-state index in [0.717, 1.165) is 5.56 Å². The number of rotatable bonds is 6. The maximum Gasteiger partial charge on any atom is 0.243 e. The highest BCUT2D eigenvalue weighted by Gasteiger charge is 2.29. The Morgan fingerprint density at radius 3 is 2.17 bits per heavy atom. The molecule has 0 radical (unpaired) electrons. The number of nitrogens with zero attached hydrogens (tertiary/aromatic N) is 1. The number of carbonyl (C=O) groups excluding carboxylic acids is 2. The number of amides is 2. The minimum atomic E-state index is -0.475. The van der Waals surface area contributed by atoms with Crippen molar-refractivity contribution in [3.8, 4) is 0 Å². The molecule has 23 heavy (non-hydrogen) atoms. The van der Waals surface area contributed by atoms with Crippen molar-refractivity contribution >= 4 is 23.4 Å². The monoisotopic (exact) mass is 338 g/mol. The molecule has 128 valence electrons. The molecule has 0 heterocycles. The van der Waals surface area contributed by atoms with Gasteiger partial charge in [0.05, 0.1) is 0 Å². The van der Waals surface area contributed by atoms with Crippen molar-refractivity contribution < 1.29 is 9.59 Å². The molecule has 1 N–H and O–H groups in total. The molecule has 2 amide bonds. The molecule has 0 saturated heterocycles. The van der Waals surface area contributed by atoms with Gasteiger partial charge in [-0.15, -0.1) is 0 Å². The Balaban J connectivity index is 3.00. The zero-order valence-electron chi connectivity index (χ0n) is 14.6. The molecule has 0 aliphatic rings. The van der Waals surface area contributed by atoms with Gasteiger partial charge in [0.15, 0.2) is 0 Å². The summed E-state index contributed by atoms with van der Waals surface area (Å²) in [5, 5.41) is 3.62. The number of carbonyl (C=O) groups is 2. The predicted octanol–water partition coefficient (Wildman–Crippen LogP) is 3.77. The van der Waals surface area contributed by atoms with Gasteiger partial charge in [0.25, 0.3) is 0 Å². The first-order chi connectivity index (χ1) is 10.7. The average molecular weight is 339 g/mol. The Kier molecular flexibility index (Phi) is 7.07. The van der Waals surface area contributed by atoms with Crippen molar-refractivity contribution in [1.29, 1.82) is 0 Å². The molecule has 0 aromatic heterocycles. The normalized spacial score (nSPS) is 12.6. The summed E-state index contributed by atoms with van der Waals surface area (Å²) in [4.78, 5) is 26.6. The largest absolute Gasteiger partial charge is 0.350 e. The van der Waals surface area contributed by atoms with Gasteiger partial charge in [-0.1, -0.05) is 37.6 Å². The molecule has 1 rings (SSSR count). The van der Waals surface area contributed by atoms with Crippen LogP contribution in [0.2, 0.25) is 5.02 Å². The van der Waals surface area contributed by atoms with E-state index in [1.165, 1.54) is 0 Å². The van der Waals surface area contributed by atoms with Gasteiger partial charge in [0, 0.05) is 23.5 Å². The van der Waals surface area contributed by atoms with Crippen molar-refractivity contribution in [2.45, 2.75) is 65.6 Å². The summed E-state index contributed by atoms with van der Waals surface area (Å²) in [7, 11) is 0. The first-order valence-electron chi connectivity index (χ1n) is 8.03. The summed E-state index contributed by atoms with van der Waals surface area (Å²) in [5.41, 5.74) is 0.629. The third kappa shape index (κ3) is 6.22. The summed E-state index contributed by atoms with van der Waals surface area (Å²) < 4.78 is 0. The van der Waals surface area contributed by atoms with Gasteiger partial charge in [-0.3, -0.25) is 9.59 Å². The minimum absolute atomic E-state index is 0.0316. The van der Waals surface area contributed by atoms with Crippen LogP contribution in [-0.2, 0) is 16.1 Å². The second kappa shape index (κ2) is 8.34. The molecule has 0 aliphatic heterocycles. The highest BCUT2D eigenvalue weighted by molar-refractivity contribution is 6.30. The fourth-order valence-electron chi connectivity index (χ4n) is 2.36. The standard InChI is InChI=1S/C18H27ClN2O2/c1-6-15(17(23)20-18(3,4)5)21(16(22)7-2)12-13-8-10-14(19)11-9-13/h8-11,15H,6-7,12H2,1-5H3,(H,20,23)/t15-/m0/s1. The Morgan fingerprint density at radius 1 is 1.17 bits per heavy atom. The van der Waals surface area contributed by atoms with Crippen LogP contribution in [0.1, 0.15) is 53.0 Å². The van der Waals surface area contributed by atoms with Crippen LogP contribution >= 0.6 is 11.6 Å². The van der Waals surface area contributed by atoms with Crippen LogP contribution in [0.25, 0.3) is 0 Å². The lowest BCUT2D eigenvalue weighted by molar-refractivity contribution is -0.141. The Labute approximate surface area is 144 Å². The topological polar surface area (TPSA) is 49.4 Å². The molecule has 0 spiro atoms. The number of nitrogens with one attached hydrogen (secondary N) is 1. The van der Waals surface area contributed by atoms with Crippen LogP contribution in [-0.4, -0.2) is 28.3 Å².